The summed E-state index contributed by atoms with van der Waals surface area (Å²) in [5, 5.41) is 15.9. The molecule has 156 valence electrons. The molecule has 0 atom stereocenters. The fraction of sp³-hybridized carbons (Fsp3) is 0.100. The summed E-state index contributed by atoms with van der Waals surface area (Å²) in [6.45, 7) is 0. The van der Waals surface area contributed by atoms with Gasteiger partial charge >= 0.3 is 0 Å². The second-order valence-corrected chi connectivity index (χ2v) is 6.82. The summed E-state index contributed by atoms with van der Waals surface area (Å²) < 4.78 is 15.0. The van der Waals surface area contributed by atoms with Gasteiger partial charge in [-0.1, -0.05) is 17.7 Å². The number of fused-ring (bicyclic) bond motifs is 1. The Kier molecular flexibility index (Phi) is 5.80. The van der Waals surface area contributed by atoms with Gasteiger partial charge in [0.15, 0.2) is 11.5 Å². The predicted molar refractivity (Wildman–Crippen MR) is 116 cm³/mol. The number of aromatic nitrogens is 6. The smallest absolute Gasteiger partial charge is 0.228 e. The molecule has 4 rings (SSSR count). The van der Waals surface area contributed by atoms with Crippen LogP contribution in [0.2, 0.25) is 5.02 Å². The van der Waals surface area contributed by atoms with Crippen LogP contribution in [0.4, 0.5) is 10.3 Å². The Labute approximate surface area is 181 Å². The molecule has 0 unspecified atom stereocenters. The molecule has 0 saturated carbocycles. The molecular formula is C20H17ClFN9. The van der Waals surface area contributed by atoms with E-state index in [9.17, 15) is 4.39 Å². The lowest BCUT2D eigenvalue weighted by Gasteiger charge is -2.06. The Morgan fingerprint density at radius 1 is 1.29 bits per heavy atom. The first-order valence-corrected chi connectivity index (χ1v) is 9.55. The molecular weight excluding hydrogens is 421 g/mol. The van der Waals surface area contributed by atoms with Gasteiger partial charge in [0, 0.05) is 25.2 Å². The Morgan fingerprint density at radius 3 is 2.94 bits per heavy atom. The zero-order chi connectivity index (χ0) is 21.8. The molecule has 3 heterocycles. The second kappa shape index (κ2) is 8.84. The molecule has 0 saturated heterocycles. The SMILES string of the molecule is CN=C(C=CN)Nc1nccc(-c2cnn3c(Cc4ccc(F)c(Cl)c4)nnc3c2)n1. The summed E-state index contributed by atoms with van der Waals surface area (Å²) in [5.41, 5.74) is 8.15. The maximum absolute atomic E-state index is 13.4. The third-order valence-corrected chi connectivity index (χ3v) is 4.65. The van der Waals surface area contributed by atoms with Gasteiger partial charge in [0.25, 0.3) is 0 Å². The highest BCUT2D eigenvalue weighted by molar-refractivity contribution is 6.30. The van der Waals surface area contributed by atoms with Crippen molar-refractivity contribution in [1.82, 2.24) is 29.8 Å². The van der Waals surface area contributed by atoms with Crippen molar-refractivity contribution in [2.75, 3.05) is 12.4 Å². The van der Waals surface area contributed by atoms with Crippen LogP contribution < -0.4 is 11.1 Å². The van der Waals surface area contributed by atoms with Gasteiger partial charge in [-0.15, -0.1) is 10.2 Å². The quantitative estimate of drug-likeness (QED) is 0.364. The van der Waals surface area contributed by atoms with Gasteiger partial charge in [0.2, 0.25) is 5.95 Å². The van der Waals surface area contributed by atoms with Crippen molar-refractivity contribution in [3.05, 3.63) is 77.2 Å². The summed E-state index contributed by atoms with van der Waals surface area (Å²) in [6, 6.07) is 8.13. The lowest BCUT2D eigenvalue weighted by molar-refractivity contribution is 0.627. The molecule has 31 heavy (non-hydrogen) atoms. The molecule has 0 fully saturated rings. The maximum atomic E-state index is 13.4. The maximum Gasteiger partial charge on any atom is 0.228 e. The fourth-order valence-corrected chi connectivity index (χ4v) is 3.08. The van der Waals surface area contributed by atoms with Crippen LogP contribution in [0, 0.1) is 5.82 Å². The number of amidine groups is 1. The molecule has 0 amide bonds. The molecule has 0 aliphatic carbocycles. The van der Waals surface area contributed by atoms with E-state index in [-0.39, 0.29) is 5.02 Å². The minimum absolute atomic E-state index is 0.0629. The first kappa shape index (κ1) is 20.4. The minimum Gasteiger partial charge on any atom is -0.404 e. The van der Waals surface area contributed by atoms with Gasteiger partial charge in [-0.05, 0) is 42.1 Å². The first-order chi connectivity index (χ1) is 15.1. The molecule has 0 radical (unpaired) electrons. The fourth-order valence-electron chi connectivity index (χ4n) is 2.88. The van der Waals surface area contributed by atoms with Crippen LogP contribution in [0.1, 0.15) is 11.4 Å². The number of aliphatic imine (C=N–C) groups is 1. The highest BCUT2D eigenvalue weighted by atomic mass is 35.5. The molecule has 0 bridgehead atoms. The average molecular weight is 438 g/mol. The Hall–Kier alpha value is -3.92. The number of benzene rings is 1. The number of hydrogen-bond donors (Lipinski definition) is 2. The van der Waals surface area contributed by atoms with Crippen LogP contribution in [0.5, 0.6) is 0 Å². The molecule has 4 aromatic rings. The first-order valence-electron chi connectivity index (χ1n) is 9.17. The number of nitrogens with two attached hydrogens (primary N) is 1. The highest BCUT2D eigenvalue weighted by Gasteiger charge is 2.12. The van der Waals surface area contributed by atoms with Gasteiger partial charge in [-0.25, -0.2) is 14.4 Å². The van der Waals surface area contributed by atoms with Crippen molar-refractivity contribution in [3.8, 4) is 11.3 Å². The zero-order valence-corrected chi connectivity index (χ0v) is 17.1. The van der Waals surface area contributed by atoms with Crippen molar-refractivity contribution >= 4 is 29.0 Å². The van der Waals surface area contributed by atoms with E-state index in [0.717, 1.165) is 11.1 Å². The Morgan fingerprint density at radius 2 is 2.16 bits per heavy atom. The summed E-state index contributed by atoms with van der Waals surface area (Å²) in [6.07, 6.45) is 6.68. The van der Waals surface area contributed by atoms with Gasteiger partial charge in [-0.2, -0.15) is 9.61 Å². The zero-order valence-electron chi connectivity index (χ0n) is 16.4. The highest BCUT2D eigenvalue weighted by Crippen LogP contribution is 2.20. The second-order valence-electron chi connectivity index (χ2n) is 6.41. The summed E-state index contributed by atoms with van der Waals surface area (Å²) in [7, 11) is 1.63. The molecule has 1 aromatic carbocycles. The monoisotopic (exact) mass is 437 g/mol. The third-order valence-electron chi connectivity index (χ3n) is 4.36. The van der Waals surface area contributed by atoms with E-state index in [0.29, 0.717) is 35.4 Å². The van der Waals surface area contributed by atoms with Crippen molar-refractivity contribution in [2.45, 2.75) is 6.42 Å². The Balaban J connectivity index is 1.60. The van der Waals surface area contributed by atoms with Crippen molar-refractivity contribution in [2.24, 2.45) is 10.7 Å². The van der Waals surface area contributed by atoms with Crippen LogP contribution in [0.15, 0.2) is 60.0 Å². The van der Waals surface area contributed by atoms with E-state index < -0.39 is 5.82 Å². The van der Waals surface area contributed by atoms with Crippen LogP contribution >= 0.6 is 11.6 Å². The van der Waals surface area contributed by atoms with E-state index in [1.807, 2.05) is 6.07 Å². The molecule has 9 nitrogen and oxygen atoms in total. The number of nitrogens with one attached hydrogen (secondary N) is 1. The number of rotatable bonds is 5. The van der Waals surface area contributed by atoms with Gasteiger partial charge in [0.1, 0.15) is 11.7 Å². The van der Waals surface area contributed by atoms with Gasteiger partial charge in [0.05, 0.1) is 16.9 Å². The summed E-state index contributed by atoms with van der Waals surface area (Å²) in [4.78, 5) is 12.7. The summed E-state index contributed by atoms with van der Waals surface area (Å²) in [5.74, 6) is 1.03. The number of anilines is 1. The van der Waals surface area contributed by atoms with E-state index in [1.54, 1.807) is 48.2 Å². The Bertz CT molecular complexity index is 1300. The average Bonchev–Trinajstić information content (AvgIpc) is 3.18. The topological polar surface area (TPSA) is 119 Å². The molecule has 3 aromatic heterocycles. The molecule has 11 heteroatoms. The van der Waals surface area contributed by atoms with E-state index in [4.69, 9.17) is 17.3 Å². The van der Waals surface area contributed by atoms with E-state index in [2.05, 4.69) is 35.6 Å². The lowest BCUT2D eigenvalue weighted by Crippen LogP contribution is -2.12. The number of hydrogen-bond acceptors (Lipinski definition) is 7. The van der Waals surface area contributed by atoms with E-state index >= 15 is 0 Å². The number of nitrogens with zero attached hydrogens (tertiary/aromatic N) is 7. The molecule has 0 spiro atoms. The van der Waals surface area contributed by atoms with Crippen LogP contribution in [0.3, 0.4) is 0 Å². The third kappa shape index (κ3) is 4.48. The normalized spacial score (nSPS) is 12.0. The predicted octanol–water partition coefficient (Wildman–Crippen LogP) is 2.88. The van der Waals surface area contributed by atoms with Crippen LogP contribution in [-0.2, 0) is 6.42 Å². The van der Waals surface area contributed by atoms with Gasteiger partial charge in [-0.3, -0.25) is 4.99 Å². The standard InChI is InChI=1S/C20H17ClFN9/c1-24-17(4-6-23)28-20-25-7-5-16(27-20)13-10-19-30-29-18(31(19)26-11-13)9-12-2-3-15(22)14(21)8-12/h2-8,10-11H,9,23H2,1H3,(H,24,25,27,28). The summed E-state index contributed by atoms with van der Waals surface area (Å²) >= 11 is 5.86. The molecule has 0 aliphatic heterocycles. The molecule has 0 aliphatic rings. The van der Waals surface area contributed by atoms with E-state index in [1.165, 1.54) is 12.3 Å². The number of halogens is 2. The minimum atomic E-state index is -0.464. The van der Waals surface area contributed by atoms with Crippen LogP contribution in [0.25, 0.3) is 16.9 Å². The van der Waals surface area contributed by atoms with Crippen molar-refractivity contribution in [1.29, 1.82) is 0 Å². The van der Waals surface area contributed by atoms with Crippen LogP contribution in [-0.4, -0.2) is 42.7 Å². The van der Waals surface area contributed by atoms with Crippen molar-refractivity contribution in [3.63, 3.8) is 0 Å². The van der Waals surface area contributed by atoms with Gasteiger partial charge < -0.3 is 11.1 Å². The lowest BCUT2D eigenvalue weighted by atomic mass is 10.1. The van der Waals surface area contributed by atoms with Crippen molar-refractivity contribution < 1.29 is 4.39 Å². The molecule has 3 N–H and O–H groups in total. The largest absolute Gasteiger partial charge is 0.404 e.